The first kappa shape index (κ1) is 11.3. The van der Waals surface area contributed by atoms with Crippen LogP contribution in [0, 0.1) is 0 Å². The molecule has 0 aromatic heterocycles. The number of hydrogen-bond donors (Lipinski definition) is 1. The van der Waals surface area contributed by atoms with Gasteiger partial charge in [-0.2, -0.15) is 0 Å². The molecule has 0 fully saturated rings. The van der Waals surface area contributed by atoms with Gasteiger partial charge in [0.15, 0.2) is 0 Å². The van der Waals surface area contributed by atoms with E-state index >= 15 is 0 Å². The molecule has 1 nitrogen and oxygen atoms in total. The van der Waals surface area contributed by atoms with Gasteiger partial charge in [0.2, 0.25) is 0 Å². The van der Waals surface area contributed by atoms with E-state index in [4.69, 9.17) is 5.73 Å². The zero-order valence-corrected chi connectivity index (χ0v) is 11.5. The Balaban J connectivity index is 2.13. The average Bonchev–Trinajstić information content (AvgIpc) is 2.43. The monoisotopic (exact) mass is 299 g/mol. The Bertz CT molecular complexity index is 677. The summed E-state index contributed by atoms with van der Waals surface area (Å²) >= 11 is 0.256. The van der Waals surface area contributed by atoms with E-state index < -0.39 is 0 Å². The van der Waals surface area contributed by atoms with Crippen LogP contribution in [0.25, 0.3) is 10.8 Å². The van der Waals surface area contributed by atoms with Gasteiger partial charge in [-0.1, -0.05) is 0 Å². The number of hydrogen-bond acceptors (Lipinski definition) is 1. The van der Waals surface area contributed by atoms with Crippen LogP contribution >= 0.6 is 0 Å². The normalized spacial score (nSPS) is 10.7. The summed E-state index contributed by atoms with van der Waals surface area (Å²) in [5, 5.41) is 2.54. The minimum absolute atomic E-state index is 0.256. The van der Waals surface area contributed by atoms with E-state index in [-0.39, 0.29) is 15.0 Å². The maximum absolute atomic E-state index is 6.15. The molecule has 0 bridgehead atoms. The summed E-state index contributed by atoms with van der Waals surface area (Å²) in [6, 6.07) is 23.1. The summed E-state index contributed by atoms with van der Waals surface area (Å²) < 4.78 is 2.64. The van der Waals surface area contributed by atoms with Gasteiger partial charge in [-0.05, 0) is 0 Å². The third kappa shape index (κ3) is 2.13. The fourth-order valence-electron chi connectivity index (χ4n) is 1.98. The van der Waals surface area contributed by atoms with Gasteiger partial charge in [0.05, 0.1) is 0 Å². The van der Waals surface area contributed by atoms with Crippen LogP contribution in [-0.4, -0.2) is 15.0 Å². The molecule has 3 rings (SSSR count). The molecule has 0 atom stereocenters. The molecule has 0 saturated heterocycles. The van der Waals surface area contributed by atoms with Gasteiger partial charge in [-0.25, -0.2) is 0 Å². The quantitative estimate of drug-likeness (QED) is 0.569. The number of nitrogens with two attached hydrogens (primary N) is 1. The predicted octanol–water partition coefficient (Wildman–Crippen LogP) is 2.08. The summed E-state index contributed by atoms with van der Waals surface area (Å²) in [5.41, 5.74) is 7.05. The fourth-order valence-corrected chi connectivity index (χ4v) is 4.10. The van der Waals surface area contributed by atoms with Crippen LogP contribution in [0.3, 0.4) is 0 Å². The Labute approximate surface area is 113 Å². The molecule has 0 amide bonds. The average molecular weight is 298 g/mol. The standard InChI is InChI=1S/C16H13NSe/c17-15-11-10-12-6-4-5-9-14(12)16(15)18-13-7-2-1-3-8-13/h1-11H,17H2. The summed E-state index contributed by atoms with van der Waals surface area (Å²) in [5.74, 6) is 0. The summed E-state index contributed by atoms with van der Waals surface area (Å²) in [6.07, 6.45) is 0. The van der Waals surface area contributed by atoms with Gasteiger partial charge in [0.1, 0.15) is 0 Å². The molecule has 18 heavy (non-hydrogen) atoms. The van der Waals surface area contributed by atoms with Crippen LogP contribution in [0.5, 0.6) is 0 Å². The molecular formula is C16H13NSe. The van der Waals surface area contributed by atoms with Gasteiger partial charge in [-0.15, -0.1) is 0 Å². The van der Waals surface area contributed by atoms with Crippen LogP contribution < -0.4 is 14.7 Å². The van der Waals surface area contributed by atoms with E-state index in [9.17, 15) is 0 Å². The third-order valence-corrected chi connectivity index (χ3v) is 5.32. The van der Waals surface area contributed by atoms with E-state index in [1.807, 2.05) is 12.1 Å². The SMILES string of the molecule is Nc1ccc2ccccc2c1[Se]c1ccccc1. The Morgan fingerprint density at radius 2 is 1.44 bits per heavy atom. The van der Waals surface area contributed by atoms with Gasteiger partial charge >= 0.3 is 113 Å². The van der Waals surface area contributed by atoms with Crippen molar-refractivity contribution in [3.8, 4) is 0 Å². The van der Waals surface area contributed by atoms with Crippen molar-refractivity contribution in [3.63, 3.8) is 0 Å². The van der Waals surface area contributed by atoms with Gasteiger partial charge in [-0.3, -0.25) is 0 Å². The number of anilines is 1. The Morgan fingerprint density at radius 3 is 2.28 bits per heavy atom. The molecule has 0 aliphatic rings. The molecule has 2 heteroatoms. The first-order valence-corrected chi connectivity index (χ1v) is 7.56. The Morgan fingerprint density at radius 1 is 0.722 bits per heavy atom. The zero-order chi connectivity index (χ0) is 12.4. The van der Waals surface area contributed by atoms with E-state index in [1.54, 1.807) is 0 Å². The molecule has 0 aliphatic heterocycles. The first-order chi connectivity index (χ1) is 8.84. The number of benzene rings is 3. The van der Waals surface area contributed by atoms with E-state index in [0.29, 0.717) is 0 Å². The second kappa shape index (κ2) is 4.85. The third-order valence-electron chi connectivity index (χ3n) is 2.87. The van der Waals surface area contributed by atoms with Crippen LogP contribution in [0.15, 0.2) is 66.7 Å². The first-order valence-electron chi connectivity index (χ1n) is 5.85. The molecule has 2 N–H and O–H groups in total. The molecule has 0 heterocycles. The van der Waals surface area contributed by atoms with Crippen molar-refractivity contribution in [2.75, 3.05) is 5.73 Å². The molecule has 0 unspecified atom stereocenters. The van der Waals surface area contributed by atoms with Crippen molar-refractivity contribution in [3.05, 3.63) is 66.7 Å². The van der Waals surface area contributed by atoms with Crippen LogP contribution in [0.4, 0.5) is 5.69 Å². The summed E-state index contributed by atoms with van der Waals surface area (Å²) in [7, 11) is 0. The number of rotatable bonds is 2. The van der Waals surface area contributed by atoms with Crippen LogP contribution in [0.1, 0.15) is 0 Å². The van der Waals surface area contributed by atoms with Gasteiger partial charge in [0.25, 0.3) is 0 Å². The molecule has 0 spiro atoms. The van der Waals surface area contributed by atoms with E-state index in [1.165, 1.54) is 19.7 Å². The minimum atomic E-state index is 0.256. The van der Waals surface area contributed by atoms with Crippen molar-refractivity contribution >= 4 is 40.3 Å². The molecule has 3 aromatic rings. The second-order valence-electron chi connectivity index (χ2n) is 4.12. The van der Waals surface area contributed by atoms with Gasteiger partial charge < -0.3 is 0 Å². The Kier molecular flexibility index (Phi) is 3.06. The van der Waals surface area contributed by atoms with Crippen molar-refractivity contribution in [1.82, 2.24) is 0 Å². The zero-order valence-electron chi connectivity index (χ0n) is 9.84. The molecule has 0 aliphatic carbocycles. The Hall–Kier alpha value is -1.76. The van der Waals surface area contributed by atoms with Crippen molar-refractivity contribution in [1.29, 1.82) is 0 Å². The van der Waals surface area contributed by atoms with Crippen molar-refractivity contribution in [2.45, 2.75) is 0 Å². The molecule has 3 aromatic carbocycles. The topological polar surface area (TPSA) is 26.0 Å². The van der Waals surface area contributed by atoms with Crippen molar-refractivity contribution < 1.29 is 0 Å². The fraction of sp³-hybridized carbons (Fsp3) is 0. The van der Waals surface area contributed by atoms with Crippen LogP contribution in [0.2, 0.25) is 0 Å². The van der Waals surface area contributed by atoms with E-state index in [2.05, 4.69) is 54.6 Å². The molecular weight excluding hydrogens is 285 g/mol. The molecule has 0 radical (unpaired) electrons. The number of nitrogen functional groups attached to an aromatic ring is 1. The van der Waals surface area contributed by atoms with Crippen LogP contribution in [-0.2, 0) is 0 Å². The van der Waals surface area contributed by atoms with E-state index in [0.717, 1.165) is 5.69 Å². The van der Waals surface area contributed by atoms with Crippen molar-refractivity contribution in [2.24, 2.45) is 0 Å². The summed E-state index contributed by atoms with van der Waals surface area (Å²) in [6.45, 7) is 0. The van der Waals surface area contributed by atoms with Gasteiger partial charge in [0, 0.05) is 0 Å². The molecule has 88 valence electrons. The number of fused-ring (bicyclic) bond motifs is 1. The maximum atomic E-state index is 6.15. The summed E-state index contributed by atoms with van der Waals surface area (Å²) in [4.78, 5) is 0. The molecule has 0 saturated carbocycles. The second-order valence-corrected chi connectivity index (χ2v) is 6.39. The predicted molar refractivity (Wildman–Crippen MR) is 79.8 cm³/mol.